The topological polar surface area (TPSA) is 51.1 Å². The lowest BCUT2D eigenvalue weighted by Crippen LogP contribution is -2.21. The van der Waals surface area contributed by atoms with Crippen LogP contribution in [0.15, 0.2) is 71.7 Å². The van der Waals surface area contributed by atoms with Crippen LogP contribution in [0.5, 0.6) is 11.5 Å². The summed E-state index contributed by atoms with van der Waals surface area (Å²) in [6.07, 6.45) is 0.711. The first-order valence-electron chi connectivity index (χ1n) is 10.7. The number of carbonyl (C=O) groups excluding carboxylic acids is 1. The maximum atomic E-state index is 12.2. The molecule has 6 heteroatoms. The Kier molecular flexibility index (Phi) is 8.26. The number of methoxy groups -OCH3 is 1. The lowest BCUT2D eigenvalue weighted by atomic mass is 9.98. The van der Waals surface area contributed by atoms with Crippen molar-refractivity contribution in [1.29, 1.82) is 0 Å². The summed E-state index contributed by atoms with van der Waals surface area (Å²) in [5, 5.41) is 0. The Morgan fingerprint density at radius 1 is 0.970 bits per heavy atom. The number of nitrogens with zero attached hydrogens (tertiary/aromatic N) is 2. The lowest BCUT2D eigenvalue weighted by Gasteiger charge is -2.14. The van der Waals surface area contributed by atoms with Crippen LogP contribution in [0.3, 0.4) is 0 Å². The van der Waals surface area contributed by atoms with Crippen molar-refractivity contribution in [2.75, 3.05) is 27.7 Å². The summed E-state index contributed by atoms with van der Waals surface area (Å²) < 4.78 is 11.7. The quantitative estimate of drug-likeness (QED) is 0.419. The number of halogens is 1. The molecule has 1 aliphatic rings. The first-order chi connectivity index (χ1) is 15.5. The first-order valence-corrected chi connectivity index (χ1v) is 10.7. The molecule has 4 rings (SSSR count). The molecule has 0 aromatic heterocycles. The largest absolute Gasteiger partial charge is 0.493 e. The van der Waals surface area contributed by atoms with Gasteiger partial charge in [0.2, 0.25) is 0 Å². The molecule has 0 fully saturated rings. The number of ketones is 1. The molecule has 0 saturated carbocycles. The van der Waals surface area contributed by atoms with E-state index < -0.39 is 0 Å². The van der Waals surface area contributed by atoms with Crippen molar-refractivity contribution in [2.45, 2.75) is 19.6 Å². The van der Waals surface area contributed by atoms with Gasteiger partial charge in [-0.25, -0.2) is 0 Å². The first kappa shape index (κ1) is 24.5. The summed E-state index contributed by atoms with van der Waals surface area (Å²) in [6.45, 7) is 1.53. The van der Waals surface area contributed by atoms with E-state index in [4.69, 9.17) is 14.5 Å². The number of ether oxygens (including phenoxy) is 2. The van der Waals surface area contributed by atoms with Crippen LogP contribution in [0.1, 0.15) is 32.6 Å². The minimum Gasteiger partial charge on any atom is -0.493 e. The summed E-state index contributed by atoms with van der Waals surface area (Å²) in [4.78, 5) is 18.9. The number of fused-ring (bicyclic) bond motifs is 1. The highest BCUT2D eigenvalue weighted by Gasteiger charge is 2.20. The third-order valence-corrected chi connectivity index (χ3v) is 5.49. The number of likely N-dealkylation sites (N-methyl/N-ethyl adjacent to an activating group) is 1. The molecule has 0 unspecified atom stereocenters. The smallest absolute Gasteiger partial charge is 0.176 e. The van der Waals surface area contributed by atoms with Gasteiger partial charge in [0.1, 0.15) is 6.61 Å². The van der Waals surface area contributed by atoms with E-state index in [0.717, 1.165) is 39.3 Å². The van der Waals surface area contributed by atoms with Gasteiger partial charge in [-0.15, -0.1) is 12.4 Å². The number of hydrogen-bond acceptors (Lipinski definition) is 5. The molecule has 5 nitrogen and oxygen atoms in total. The number of rotatable bonds is 9. The molecule has 1 aliphatic heterocycles. The van der Waals surface area contributed by atoms with Crippen LogP contribution < -0.4 is 9.47 Å². The third-order valence-electron chi connectivity index (χ3n) is 5.49. The zero-order valence-corrected chi connectivity index (χ0v) is 20.0. The van der Waals surface area contributed by atoms with Crippen LogP contribution in [0, 0.1) is 0 Å². The Balaban J connectivity index is 0.00000306. The molecular weight excluding hydrogens is 436 g/mol. The number of aliphatic imine (C=N–C) groups is 1. The minimum atomic E-state index is 0. The molecule has 0 spiro atoms. The highest BCUT2D eigenvalue weighted by atomic mass is 35.5. The SMILES string of the molecule is COc1cc2c(cc1OCc1ccccc1)CN=C2Cc1ccc(C(=O)CN(C)C)cc1.Cl. The molecule has 0 bridgehead atoms. The van der Waals surface area contributed by atoms with E-state index in [-0.39, 0.29) is 18.2 Å². The van der Waals surface area contributed by atoms with Gasteiger partial charge < -0.3 is 14.4 Å². The fourth-order valence-electron chi connectivity index (χ4n) is 3.81. The van der Waals surface area contributed by atoms with Crippen LogP contribution in [-0.2, 0) is 19.6 Å². The molecule has 0 atom stereocenters. The van der Waals surface area contributed by atoms with Gasteiger partial charge in [0.05, 0.1) is 20.2 Å². The highest BCUT2D eigenvalue weighted by molar-refractivity contribution is 6.05. The van der Waals surface area contributed by atoms with Gasteiger partial charge in [-0.2, -0.15) is 0 Å². The molecule has 172 valence electrons. The third kappa shape index (κ3) is 6.01. The molecule has 0 radical (unpaired) electrons. The second kappa shape index (κ2) is 11.1. The second-order valence-electron chi connectivity index (χ2n) is 8.23. The van der Waals surface area contributed by atoms with E-state index in [9.17, 15) is 4.79 Å². The number of Topliss-reactive ketones (excluding diaryl/α,β-unsaturated/α-hetero) is 1. The summed E-state index contributed by atoms with van der Waals surface area (Å²) in [6, 6.07) is 22.0. The van der Waals surface area contributed by atoms with E-state index in [2.05, 4.69) is 0 Å². The lowest BCUT2D eigenvalue weighted by molar-refractivity contribution is 0.0958. The predicted octanol–water partition coefficient (Wildman–Crippen LogP) is 4.99. The fourth-order valence-corrected chi connectivity index (χ4v) is 3.81. The van der Waals surface area contributed by atoms with E-state index in [1.54, 1.807) is 7.11 Å². The maximum absolute atomic E-state index is 12.2. The summed E-state index contributed by atoms with van der Waals surface area (Å²) >= 11 is 0. The Hall–Kier alpha value is -3.15. The van der Waals surface area contributed by atoms with Crippen molar-refractivity contribution >= 4 is 23.9 Å². The molecule has 3 aromatic carbocycles. The van der Waals surface area contributed by atoms with Crippen LogP contribution in [0.25, 0.3) is 0 Å². The molecule has 33 heavy (non-hydrogen) atoms. The van der Waals surface area contributed by atoms with Crippen LogP contribution in [-0.4, -0.2) is 44.1 Å². The Bertz CT molecular complexity index is 1130. The van der Waals surface area contributed by atoms with Gasteiger partial charge in [0.25, 0.3) is 0 Å². The van der Waals surface area contributed by atoms with Crippen LogP contribution in [0.4, 0.5) is 0 Å². The van der Waals surface area contributed by atoms with Gasteiger partial charge in [-0.3, -0.25) is 9.79 Å². The van der Waals surface area contributed by atoms with Gasteiger partial charge in [0.15, 0.2) is 17.3 Å². The number of hydrogen-bond donors (Lipinski definition) is 0. The van der Waals surface area contributed by atoms with Crippen molar-refractivity contribution in [3.8, 4) is 11.5 Å². The average Bonchev–Trinajstić information content (AvgIpc) is 3.19. The van der Waals surface area contributed by atoms with E-state index in [0.29, 0.717) is 31.9 Å². The second-order valence-corrected chi connectivity index (χ2v) is 8.23. The minimum absolute atomic E-state index is 0. The maximum Gasteiger partial charge on any atom is 0.176 e. The average molecular weight is 465 g/mol. The molecule has 3 aromatic rings. The van der Waals surface area contributed by atoms with E-state index in [1.165, 1.54) is 0 Å². The number of carbonyl (C=O) groups is 1. The van der Waals surface area contributed by atoms with Gasteiger partial charge >= 0.3 is 0 Å². The Labute approximate surface area is 201 Å². The van der Waals surface area contributed by atoms with Crippen LogP contribution in [0.2, 0.25) is 0 Å². The summed E-state index contributed by atoms with van der Waals surface area (Å²) in [7, 11) is 5.45. The van der Waals surface area contributed by atoms with Gasteiger partial charge in [-0.05, 0) is 42.9 Å². The highest BCUT2D eigenvalue weighted by Crippen LogP contribution is 2.35. The van der Waals surface area contributed by atoms with Crippen molar-refractivity contribution in [2.24, 2.45) is 4.99 Å². The summed E-state index contributed by atoms with van der Waals surface area (Å²) in [5.74, 6) is 1.56. The molecule has 0 N–H and O–H groups in total. The molecule has 0 amide bonds. The zero-order chi connectivity index (χ0) is 22.5. The van der Waals surface area contributed by atoms with E-state index in [1.807, 2.05) is 85.7 Å². The van der Waals surface area contributed by atoms with E-state index >= 15 is 0 Å². The predicted molar refractivity (Wildman–Crippen MR) is 134 cm³/mol. The number of benzene rings is 3. The summed E-state index contributed by atoms with van der Waals surface area (Å²) in [5.41, 5.74) is 6.24. The molecule has 1 heterocycles. The molecule has 0 aliphatic carbocycles. The Morgan fingerprint density at radius 3 is 2.36 bits per heavy atom. The van der Waals surface area contributed by atoms with Crippen molar-refractivity contribution in [1.82, 2.24) is 4.90 Å². The zero-order valence-electron chi connectivity index (χ0n) is 19.2. The van der Waals surface area contributed by atoms with Crippen molar-refractivity contribution in [3.05, 3.63) is 94.5 Å². The monoisotopic (exact) mass is 464 g/mol. The van der Waals surface area contributed by atoms with Crippen molar-refractivity contribution in [3.63, 3.8) is 0 Å². The van der Waals surface area contributed by atoms with Crippen molar-refractivity contribution < 1.29 is 14.3 Å². The molecular formula is C27H29ClN2O3. The standard InChI is InChI=1S/C27H28N2O3.ClH/c1-29(2)17-25(30)21-11-9-19(10-12-21)13-24-23-15-26(31-3)27(14-22(23)16-28-24)32-18-20-7-5-4-6-8-20;/h4-12,14-15H,13,16-18H2,1-3H3;1H. The fraction of sp³-hybridized carbons (Fsp3) is 0.259. The molecule has 0 saturated heterocycles. The normalized spacial score (nSPS) is 12.1. The van der Waals surface area contributed by atoms with Gasteiger partial charge in [0, 0.05) is 23.3 Å². The van der Waals surface area contributed by atoms with Crippen LogP contribution >= 0.6 is 12.4 Å². The Morgan fingerprint density at radius 2 is 1.70 bits per heavy atom. The van der Waals surface area contributed by atoms with Gasteiger partial charge in [-0.1, -0.05) is 54.6 Å².